The van der Waals surface area contributed by atoms with Crippen molar-refractivity contribution in [1.82, 2.24) is 4.90 Å². The Hall–Kier alpha value is -1.12. The van der Waals surface area contributed by atoms with Crippen LogP contribution in [0.1, 0.15) is 37.3 Å². The Morgan fingerprint density at radius 1 is 1.10 bits per heavy atom. The van der Waals surface area contributed by atoms with E-state index in [2.05, 4.69) is 46.8 Å². The van der Waals surface area contributed by atoms with E-state index in [1.54, 1.807) is 22.5 Å². The summed E-state index contributed by atoms with van der Waals surface area (Å²) in [5.41, 5.74) is 5.94. The lowest BCUT2D eigenvalue weighted by Gasteiger charge is -2.35. The number of aryl methyl sites for hydroxylation is 1. The Labute approximate surface area is 131 Å². The Balaban J connectivity index is 1.56. The second-order valence-corrected chi connectivity index (χ2v) is 7.40. The quantitative estimate of drug-likeness (QED) is 0.772. The highest BCUT2D eigenvalue weighted by atomic mass is 32.1. The minimum Gasteiger partial charge on any atom is -0.297 e. The van der Waals surface area contributed by atoms with Gasteiger partial charge in [-0.15, -0.1) is 0 Å². The zero-order valence-electron chi connectivity index (χ0n) is 12.7. The Morgan fingerprint density at radius 2 is 2.05 bits per heavy atom. The minimum absolute atomic E-state index is 0.780. The molecule has 21 heavy (non-hydrogen) atoms. The average Bonchev–Trinajstić information content (AvgIpc) is 3.17. The maximum atomic E-state index is 2.76. The number of hydrogen-bond donors (Lipinski definition) is 0. The predicted octanol–water partition coefficient (Wildman–Crippen LogP) is 4.76. The summed E-state index contributed by atoms with van der Waals surface area (Å²) in [6, 6.07) is 10.9. The zero-order valence-corrected chi connectivity index (χ0v) is 13.5. The first-order chi connectivity index (χ1) is 10.3. The van der Waals surface area contributed by atoms with E-state index in [4.69, 9.17) is 0 Å². The summed E-state index contributed by atoms with van der Waals surface area (Å²) in [6.07, 6.45) is 6.62. The van der Waals surface area contributed by atoms with Crippen LogP contribution in [-0.2, 0) is 12.8 Å². The predicted molar refractivity (Wildman–Crippen MR) is 91.0 cm³/mol. The fourth-order valence-electron chi connectivity index (χ4n) is 4.13. The molecule has 0 radical (unpaired) electrons. The van der Waals surface area contributed by atoms with E-state index in [9.17, 15) is 0 Å². The number of hydrogen-bond acceptors (Lipinski definition) is 2. The third-order valence-corrected chi connectivity index (χ3v) is 6.02. The van der Waals surface area contributed by atoms with Gasteiger partial charge in [-0.05, 0) is 84.7 Å². The van der Waals surface area contributed by atoms with Gasteiger partial charge in [0, 0.05) is 12.1 Å². The van der Waals surface area contributed by atoms with Crippen LogP contribution in [0.5, 0.6) is 0 Å². The van der Waals surface area contributed by atoms with Crippen LogP contribution in [0.3, 0.4) is 0 Å². The van der Waals surface area contributed by atoms with Crippen molar-refractivity contribution in [2.45, 2.75) is 51.1 Å². The summed E-state index contributed by atoms with van der Waals surface area (Å²) in [7, 11) is 0. The first-order valence-corrected chi connectivity index (χ1v) is 9.15. The van der Waals surface area contributed by atoms with Gasteiger partial charge in [0.1, 0.15) is 0 Å². The van der Waals surface area contributed by atoms with E-state index in [1.807, 2.05) is 0 Å². The van der Waals surface area contributed by atoms with Gasteiger partial charge >= 0.3 is 0 Å². The van der Waals surface area contributed by atoms with Crippen LogP contribution in [0.4, 0.5) is 0 Å². The van der Waals surface area contributed by atoms with Crippen LogP contribution < -0.4 is 0 Å². The van der Waals surface area contributed by atoms with Crippen molar-refractivity contribution in [1.29, 1.82) is 0 Å². The summed E-state index contributed by atoms with van der Waals surface area (Å²) in [5.74, 6) is 0. The molecule has 1 aromatic carbocycles. The molecule has 2 heterocycles. The summed E-state index contributed by atoms with van der Waals surface area (Å²) in [5, 5.41) is 4.42. The molecule has 0 N–H and O–H groups in total. The minimum atomic E-state index is 0.780. The highest BCUT2D eigenvalue weighted by Gasteiger charge is 2.30. The van der Waals surface area contributed by atoms with E-state index in [0.29, 0.717) is 0 Å². The third kappa shape index (κ3) is 2.56. The lowest BCUT2D eigenvalue weighted by Crippen LogP contribution is -2.41. The molecule has 1 fully saturated rings. The molecule has 2 unspecified atom stereocenters. The number of thiophene rings is 1. The molecule has 0 saturated carbocycles. The summed E-state index contributed by atoms with van der Waals surface area (Å²) >= 11 is 1.78. The smallest absolute Gasteiger partial charge is 0.0142 e. The second-order valence-electron chi connectivity index (χ2n) is 6.62. The van der Waals surface area contributed by atoms with Gasteiger partial charge in [-0.2, -0.15) is 11.3 Å². The van der Waals surface area contributed by atoms with Gasteiger partial charge in [-0.3, -0.25) is 4.90 Å². The van der Waals surface area contributed by atoms with E-state index in [1.165, 1.54) is 49.8 Å². The molecule has 0 amide bonds. The van der Waals surface area contributed by atoms with Crippen molar-refractivity contribution >= 4 is 11.3 Å². The third-order valence-electron chi connectivity index (χ3n) is 5.34. The Kier molecular flexibility index (Phi) is 3.60. The van der Waals surface area contributed by atoms with E-state index in [0.717, 1.165) is 12.1 Å². The monoisotopic (exact) mass is 297 g/mol. The molecule has 0 bridgehead atoms. The van der Waals surface area contributed by atoms with Crippen LogP contribution in [0, 0.1) is 0 Å². The van der Waals surface area contributed by atoms with Gasteiger partial charge in [0.05, 0.1) is 0 Å². The standard InChI is InChI=1S/C19H23NS/c1-14-3-2-9-20(14)19-7-6-15-11-16(4-5-17(15)12-19)18-8-10-21-13-18/h4-5,8,10-11,13-14,19H,2-3,6-7,9,12H2,1H3. The molecule has 1 saturated heterocycles. The number of rotatable bonds is 2. The van der Waals surface area contributed by atoms with Gasteiger partial charge in [0.15, 0.2) is 0 Å². The first-order valence-electron chi connectivity index (χ1n) is 8.21. The Bertz CT molecular complexity index is 617. The fourth-order valence-corrected chi connectivity index (χ4v) is 4.79. The SMILES string of the molecule is CC1CCCN1C1CCc2cc(-c3ccsc3)ccc2C1. The first kappa shape index (κ1) is 13.5. The lowest BCUT2D eigenvalue weighted by atomic mass is 9.85. The molecule has 1 aliphatic carbocycles. The van der Waals surface area contributed by atoms with Gasteiger partial charge < -0.3 is 0 Å². The topological polar surface area (TPSA) is 3.24 Å². The summed E-state index contributed by atoms with van der Waals surface area (Å²) in [4.78, 5) is 2.76. The van der Waals surface area contributed by atoms with Crippen LogP contribution in [0.15, 0.2) is 35.0 Å². The van der Waals surface area contributed by atoms with Crippen molar-refractivity contribution in [2.24, 2.45) is 0 Å². The molecule has 2 aliphatic rings. The molecular formula is C19H23NS. The molecule has 2 aromatic rings. The van der Waals surface area contributed by atoms with Crippen molar-refractivity contribution in [3.8, 4) is 11.1 Å². The molecule has 110 valence electrons. The number of fused-ring (bicyclic) bond motifs is 1. The maximum absolute atomic E-state index is 2.76. The van der Waals surface area contributed by atoms with E-state index in [-0.39, 0.29) is 0 Å². The molecule has 2 heteroatoms. The number of likely N-dealkylation sites (tertiary alicyclic amines) is 1. The molecule has 4 rings (SSSR count). The molecule has 1 nitrogen and oxygen atoms in total. The van der Waals surface area contributed by atoms with Crippen molar-refractivity contribution in [3.63, 3.8) is 0 Å². The van der Waals surface area contributed by atoms with Crippen LogP contribution in [-0.4, -0.2) is 23.5 Å². The molecule has 1 aliphatic heterocycles. The van der Waals surface area contributed by atoms with Gasteiger partial charge in [-0.25, -0.2) is 0 Å². The van der Waals surface area contributed by atoms with Gasteiger partial charge in [-0.1, -0.05) is 18.2 Å². The maximum Gasteiger partial charge on any atom is 0.0142 e. The van der Waals surface area contributed by atoms with E-state index < -0.39 is 0 Å². The van der Waals surface area contributed by atoms with Gasteiger partial charge in [0.25, 0.3) is 0 Å². The molecular weight excluding hydrogens is 274 g/mol. The summed E-state index contributed by atoms with van der Waals surface area (Å²) < 4.78 is 0. The number of nitrogens with zero attached hydrogens (tertiary/aromatic N) is 1. The van der Waals surface area contributed by atoms with E-state index >= 15 is 0 Å². The lowest BCUT2D eigenvalue weighted by molar-refractivity contribution is 0.174. The van der Waals surface area contributed by atoms with Crippen molar-refractivity contribution < 1.29 is 0 Å². The van der Waals surface area contributed by atoms with Gasteiger partial charge in [0.2, 0.25) is 0 Å². The largest absolute Gasteiger partial charge is 0.297 e. The van der Waals surface area contributed by atoms with Crippen LogP contribution in [0.2, 0.25) is 0 Å². The van der Waals surface area contributed by atoms with Crippen LogP contribution >= 0.6 is 11.3 Å². The van der Waals surface area contributed by atoms with Crippen molar-refractivity contribution in [3.05, 3.63) is 46.2 Å². The molecule has 0 spiro atoms. The summed E-state index contributed by atoms with van der Waals surface area (Å²) in [6.45, 7) is 3.72. The van der Waals surface area contributed by atoms with Crippen molar-refractivity contribution in [2.75, 3.05) is 6.54 Å². The fraction of sp³-hybridized carbons (Fsp3) is 0.474. The molecule has 2 atom stereocenters. The highest BCUT2D eigenvalue weighted by molar-refractivity contribution is 7.08. The normalized spacial score (nSPS) is 26.0. The second kappa shape index (κ2) is 5.58. The number of benzene rings is 1. The zero-order chi connectivity index (χ0) is 14.2. The van der Waals surface area contributed by atoms with Crippen LogP contribution in [0.25, 0.3) is 11.1 Å². The average molecular weight is 297 g/mol. The molecule has 1 aromatic heterocycles. The Morgan fingerprint density at radius 3 is 2.81 bits per heavy atom. The highest BCUT2D eigenvalue weighted by Crippen LogP contribution is 2.32.